The smallest absolute Gasteiger partial charge is 0.305 e. The van der Waals surface area contributed by atoms with E-state index < -0.39 is 12.2 Å². The molecule has 8 aliphatic carbocycles. The molecular formula is C46H76Br2O10. The Bertz CT molecular complexity index is 1500. The van der Waals surface area contributed by atoms with Crippen molar-refractivity contribution >= 4 is 43.8 Å². The normalized spacial score (nSPS) is 49.9. The van der Waals surface area contributed by atoms with Crippen molar-refractivity contribution in [3.05, 3.63) is 11.6 Å². The molecule has 0 radical (unpaired) electrons. The van der Waals surface area contributed by atoms with E-state index >= 15 is 0 Å². The van der Waals surface area contributed by atoms with Crippen LogP contribution in [0.3, 0.4) is 0 Å². The first-order chi connectivity index (χ1) is 26.5. The van der Waals surface area contributed by atoms with Gasteiger partial charge in [0, 0.05) is 35.7 Å². The molecule has 0 bridgehead atoms. The molecule has 0 aromatic carbocycles. The summed E-state index contributed by atoms with van der Waals surface area (Å²) in [4.78, 5) is 24.3. The molecule has 0 aromatic rings. The van der Waals surface area contributed by atoms with Crippen molar-refractivity contribution in [2.24, 2.45) is 63.1 Å². The molecule has 8 aliphatic rings. The number of halogens is 2. The number of hydrogen-bond acceptors (Lipinski definition) is 10. The first-order valence-corrected chi connectivity index (χ1v) is 23.7. The fourth-order valence-corrected chi connectivity index (χ4v) is 17.0. The molecule has 7 unspecified atom stereocenters. The van der Waals surface area contributed by atoms with Crippen molar-refractivity contribution in [1.82, 2.24) is 0 Å². The summed E-state index contributed by atoms with van der Waals surface area (Å²) < 4.78 is 11.7. The fourth-order valence-electron chi connectivity index (χ4n) is 14.8. The third-order valence-corrected chi connectivity index (χ3v) is 19.4. The van der Waals surface area contributed by atoms with Gasteiger partial charge in [-0.15, -0.1) is 0 Å². The average molecular weight is 949 g/mol. The number of aliphatic hydroxyl groups excluding tert-OH is 6. The minimum absolute atomic E-state index is 0. The maximum atomic E-state index is 12.0. The Balaban J connectivity index is 0.000000214. The summed E-state index contributed by atoms with van der Waals surface area (Å²) >= 11 is 7.57. The van der Waals surface area contributed by atoms with Gasteiger partial charge in [0.25, 0.3) is 0 Å². The Kier molecular flexibility index (Phi) is 15.2. The van der Waals surface area contributed by atoms with Gasteiger partial charge in [-0.05, 0) is 130 Å². The quantitative estimate of drug-likeness (QED) is 0.0905. The summed E-state index contributed by atoms with van der Waals surface area (Å²) in [5, 5.41) is 63.7. The molecule has 334 valence electrons. The number of carbonyl (C=O) groups excluding carboxylic acids is 2. The molecule has 7 saturated carbocycles. The molecule has 12 heteroatoms. The maximum absolute atomic E-state index is 12.0. The van der Waals surface area contributed by atoms with Crippen LogP contribution in [0.5, 0.6) is 0 Å². The van der Waals surface area contributed by atoms with Crippen molar-refractivity contribution in [1.29, 1.82) is 0 Å². The summed E-state index contributed by atoms with van der Waals surface area (Å²) in [6.07, 6.45) is 11.1. The highest BCUT2D eigenvalue weighted by atomic mass is 79.9. The molecule has 0 amide bonds. The van der Waals surface area contributed by atoms with Crippen LogP contribution in [0.25, 0.3) is 0 Å². The molecule has 10 nitrogen and oxygen atoms in total. The van der Waals surface area contributed by atoms with Gasteiger partial charge in [0.05, 0.1) is 40.7 Å². The lowest BCUT2D eigenvalue weighted by Crippen LogP contribution is -2.61. The van der Waals surface area contributed by atoms with E-state index in [1.165, 1.54) is 0 Å². The summed E-state index contributed by atoms with van der Waals surface area (Å²) in [5.74, 6) is 1.03. The highest BCUT2D eigenvalue weighted by Gasteiger charge is 2.67. The lowest BCUT2D eigenvalue weighted by Gasteiger charge is -2.62. The van der Waals surface area contributed by atoms with E-state index in [0.29, 0.717) is 38.5 Å². The van der Waals surface area contributed by atoms with E-state index in [2.05, 4.69) is 45.7 Å². The second-order valence-corrected chi connectivity index (χ2v) is 22.3. The zero-order valence-electron chi connectivity index (χ0n) is 33.8. The number of ether oxygens (including phenoxy) is 2. The zero-order valence-corrected chi connectivity index (χ0v) is 37.0. The van der Waals surface area contributed by atoms with Crippen molar-refractivity contribution in [3.63, 3.8) is 0 Å². The fraction of sp³-hybridized carbons (Fsp3) is 0.913. The van der Waals surface area contributed by atoms with E-state index in [0.717, 1.165) is 63.4 Å². The minimum Gasteiger partial charge on any atom is -0.461 e. The summed E-state index contributed by atoms with van der Waals surface area (Å²) in [7, 11) is 0. The molecule has 58 heavy (non-hydrogen) atoms. The van der Waals surface area contributed by atoms with Crippen LogP contribution in [0, 0.1) is 63.1 Å². The number of carbonyl (C=O) groups is 2. The van der Waals surface area contributed by atoms with Gasteiger partial charge < -0.3 is 40.1 Å². The Labute approximate surface area is 364 Å². The van der Waals surface area contributed by atoms with Gasteiger partial charge in [-0.1, -0.05) is 86.1 Å². The number of esters is 2. The Morgan fingerprint density at radius 2 is 1.22 bits per heavy atom. The predicted molar refractivity (Wildman–Crippen MR) is 231 cm³/mol. The van der Waals surface area contributed by atoms with Crippen LogP contribution in [-0.4, -0.2) is 102 Å². The third-order valence-electron chi connectivity index (χ3n) is 17.6. The SMILES string of the molecule is C.C.CCC(=O)O[C@H]1[C@H](Br)CC2C3C(CC[C@@]21C)[C@@]1(CO)CC[C@H](O)CC1=C[C@@H]3O.CCC(=O)O[C@H]1[C@H](Br)CC2C3C(CC[C@@]21C)[C@@]1(CO)CC[C@H](O)CC1C[C@@H]3O. The third kappa shape index (κ3) is 7.75. The van der Waals surface area contributed by atoms with Gasteiger partial charge in [0.2, 0.25) is 0 Å². The molecule has 7 fully saturated rings. The predicted octanol–water partition coefficient (Wildman–Crippen LogP) is 7.25. The van der Waals surface area contributed by atoms with Gasteiger partial charge in [0.1, 0.15) is 12.2 Å². The van der Waals surface area contributed by atoms with Crippen LogP contribution >= 0.6 is 31.9 Å². The first-order valence-electron chi connectivity index (χ1n) is 21.9. The van der Waals surface area contributed by atoms with Crippen LogP contribution in [0.1, 0.15) is 139 Å². The Hall–Kier alpha value is -0.600. The van der Waals surface area contributed by atoms with Crippen molar-refractivity contribution < 1.29 is 49.7 Å². The topological polar surface area (TPSA) is 174 Å². The molecule has 0 aromatic heterocycles. The lowest BCUT2D eigenvalue weighted by atomic mass is 9.44. The van der Waals surface area contributed by atoms with Crippen LogP contribution in [-0.2, 0) is 19.1 Å². The summed E-state index contributed by atoms with van der Waals surface area (Å²) in [5.41, 5.74) is 0.249. The van der Waals surface area contributed by atoms with Crippen molar-refractivity contribution in [2.45, 2.75) is 185 Å². The lowest BCUT2D eigenvalue weighted by molar-refractivity contribution is -0.199. The second-order valence-electron chi connectivity index (χ2n) is 19.9. The van der Waals surface area contributed by atoms with E-state index in [1.807, 2.05) is 19.9 Å². The van der Waals surface area contributed by atoms with Gasteiger partial charge in [-0.2, -0.15) is 0 Å². The molecular weight excluding hydrogens is 872 g/mol. The summed E-state index contributed by atoms with van der Waals surface area (Å²) in [6.45, 7) is 8.31. The first kappa shape index (κ1) is 48.4. The van der Waals surface area contributed by atoms with E-state index in [9.17, 15) is 40.2 Å². The van der Waals surface area contributed by atoms with Gasteiger partial charge in [0.15, 0.2) is 0 Å². The van der Waals surface area contributed by atoms with Crippen molar-refractivity contribution in [3.8, 4) is 0 Å². The monoisotopic (exact) mass is 946 g/mol. The van der Waals surface area contributed by atoms with Crippen molar-refractivity contribution in [2.75, 3.05) is 13.2 Å². The Morgan fingerprint density at radius 3 is 1.76 bits per heavy atom. The van der Waals surface area contributed by atoms with Crippen LogP contribution in [0.4, 0.5) is 0 Å². The van der Waals surface area contributed by atoms with Gasteiger partial charge in [-0.25, -0.2) is 0 Å². The summed E-state index contributed by atoms with van der Waals surface area (Å²) in [6, 6.07) is 0. The van der Waals surface area contributed by atoms with Gasteiger partial charge >= 0.3 is 11.9 Å². The highest BCUT2D eigenvalue weighted by Crippen LogP contribution is 2.68. The second kappa shape index (κ2) is 18.2. The number of alkyl halides is 2. The zero-order chi connectivity index (χ0) is 40.5. The number of aliphatic hydroxyl groups is 6. The molecule has 19 atom stereocenters. The molecule has 8 rings (SSSR count). The molecule has 0 heterocycles. The number of hydrogen-bond donors (Lipinski definition) is 6. The van der Waals surface area contributed by atoms with Crippen LogP contribution in [0.2, 0.25) is 0 Å². The van der Waals surface area contributed by atoms with Crippen LogP contribution in [0.15, 0.2) is 11.6 Å². The molecule has 0 spiro atoms. The standard InChI is InChI=1S/C22H35BrO5.C22H33BrO5.2CH4/c2*1-3-18(27)28-20-16(23)10-15-19-14(5-6-21(15,20)2)22(11-24)7-4-13(25)8-12(22)9-17(19)26;;/h12-17,19-20,24-26H,3-11H2,1-2H3;9,13-17,19-20,24-26H,3-8,10-11H2,1-2H3;2*1H4/t12?,13-,14?,15?,16+,17-,19?,20-,21-,22+;13-,14?,15?,16+,17-,19?,20-,21-,22+;;/m00../s1. The number of rotatable bonds is 6. The van der Waals surface area contributed by atoms with E-state index in [1.54, 1.807) is 0 Å². The molecule has 6 N–H and O–H groups in total. The minimum atomic E-state index is -0.574. The largest absolute Gasteiger partial charge is 0.461 e. The number of fused-ring (bicyclic) bond motifs is 10. The maximum Gasteiger partial charge on any atom is 0.305 e. The highest BCUT2D eigenvalue weighted by molar-refractivity contribution is 9.09. The van der Waals surface area contributed by atoms with E-state index in [-0.39, 0.29) is 137 Å². The van der Waals surface area contributed by atoms with Gasteiger partial charge in [-0.3, -0.25) is 9.59 Å². The Morgan fingerprint density at radius 1 is 0.690 bits per heavy atom. The van der Waals surface area contributed by atoms with Crippen LogP contribution < -0.4 is 0 Å². The van der Waals surface area contributed by atoms with E-state index in [4.69, 9.17) is 9.47 Å². The molecule has 0 aliphatic heterocycles. The molecule has 0 saturated heterocycles. The average Bonchev–Trinajstić information content (AvgIpc) is 3.58.